The largest absolute Gasteiger partial charge is 0.412 e. The number of aliphatic hydroxyl groups is 2. The van der Waals surface area contributed by atoms with Crippen LogP contribution in [0.5, 0.6) is 0 Å². The molecule has 78 valence electrons. The predicted octanol–water partition coefficient (Wildman–Crippen LogP) is 1.17. The van der Waals surface area contributed by atoms with Crippen LogP contribution < -0.4 is 0 Å². The van der Waals surface area contributed by atoms with Crippen molar-refractivity contribution in [2.24, 2.45) is 0 Å². The fourth-order valence-electron chi connectivity index (χ4n) is 0.926. The van der Waals surface area contributed by atoms with Crippen LogP contribution in [0.4, 0.5) is 0 Å². The molecule has 0 amide bonds. The van der Waals surface area contributed by atoms with Gasteiger partial charge in [0.15, 0.2) is 6.29 Å². The van der Waals surface area contributed by atoms with Crippen LogP contribution in [0.2, 0.25) is 0 Å². The van der Waals surface area contributed by atoms with Gasteiger partial charge in [-0.3, -0.25) is 0 Å². The molecule has 0 radical (unpaired) electrons. The van der Waals surface area contributed by atoms with Gasteiger partial charge in [-0.25, -0.2) is 0 Å². The molecule has 0 aliphatic carbocycles. The van der Waals surface area contributed by atoms with Crippen molar-refractivity contribution in [2.75, 3.05) is 0 Å². The molecule has 13 heavy (non-hydrogen) atoms. The monoisotopic (exact) mass is 188 g/mol. The molecule has 0 aliphatic heterocycles. The Morgan fingerprint density at radius 1 is 1.23 bits per heavy atom. The van der Waals surface area contributed by atoms with E-state index in [0.29, 0.717) is 0 Å². The van der Waals surface area contributed by atoms with Gasteiger partial charge in [0.1, 0.15) is 0 Å². The maximum Gasteiger partial charge on any atom is 0.171 e. The Labute approximate surface area is 79.7 Å². The van der Waals surface area contributed by atoms with Gasteiger partial charge in [-0.2, -0.15) is 0 Å². The van der Waals surface area contributed by atoms with E-state index >= 15 is 0 Å². The van der Waals surface area contributed by atoms with Gasteiger partial charge in [0.25, 0.3) is 0 Å². The van der Waals surface area contributed by atoms with Crippen molar-refractivity contribution in [3.8, 4) is 0 Å². The van der Waals surface area contributed by atoms with Gasteiger partial charge < -0.3 is 15.7 Å². The zero-order valence-corrected chi connectivity index (χ0v) is 8.54. The molecule has 0 aromatic rings. The lowest BCUT2D eigenvalue weighted by Gasteiger charge is -2.00. The normalized spacial score (nSPS) is 11.1. The van der Waals surface area contributed by atoms with Crippen LogP contribution in [0.15, 0.2) is 23.3 Å². The van der Waals surface area contributed by atoms with Crippen LogP contribution >= 0.6 is 0 Å². The van der Waals surface area contributed by atoms with Gasteiger partial charge in [0, 0.05) is 0 Å². The Morgan fingerprint density at radius 3 is 2.15 bits per heavy atom. The Balaban J connectivity index is 0. The number of hydrogen-bond donors (Lipinski definition) is 2. The zero-order chi connectivity index (χ0) is 9.56. The molecule has 0 aromatic heterocycles. The van der Waals surface area contributed by atoms with Gasteiger partial charge in [-0.15, -0.1) is 0 Å². The summed E-state index contributed by atoms with van der Waals surface area (Å²) in [5, 5.41) is 17.2. The first-order valence-electron chi connectivity index (χ1n) is 4.19. The zero-order valence-electron chi connectivity index (χ0n) is 8.54. The van der Waals surface area contributed by atoms with Crippen molar-refractivity contribution in [1.82, 2.24) is 0 Å². The molecule has 0 rings (SSSR count). The molecule has 0 fully saturated rings. The standard InChI is InChI=1S/C10H18O2.H2O/c1-8(2)5-4-6-9(3)7-10(11)12;/h5,7,10-12H,4,6H2,1-3H3;1H2. The third-order valence-electron chi connectivity index (χ3n) is 1.52. The van der Waals surface area contributed by atoms with E-state index in [9.17, 15) is 0 Å². The molecular formula is C10H20O3. The van der Waals surface area contributed by atoms with Crippen molar-refractivity contribution >= 4 is 0 Å². The van der Waals surface area contributed by atoms with E-state index in [-0.39, 0.29) is 5.48 Å². The van der Waals surface area contributed by atoms with E-state index < -0.39 is 6.29 Å². The first-order chi connectivity index (χ1) is 5.52. The van der Waals surface area contributed by atoms with Gasteiger partial charge in [-0.05, 0) is 39.7 Å². The molecule has 0 heterocycles. The fraction of sp³-hybridized carbons (Fsp3) is 0.600. The number of rotatable bonds is 4. The smallest absolute Gasteiger partial charge is 0.171 e. The van der Waals surface area contributed by atoms with E-state index in [1.807, 2.05) is 6.92 Å². The number of allylic oxidation sites excluding steroid dienone is 3. The van der Waals surface area contributed by atoms with Crippen molar-refractivity contribution in [3.63, 3.8) is 0 Å². The van der Waals surface area contributed by atoms with Crippen molar-refractivity contribution in [1.29, 1.82) is 0 Å². The predicted molar refractivity (Wildman–Crippen MR) is 54.3 cm³/mol. The summed E-state index contributed by atoms with van der Waals surface area (Å²) in [6.45, 7) is 6.01. The molecule has 0 unspecified atom stereocenters. The minimum atomic E-state index is -1.31. The molecule has 0 saturated heterocycles. The second-order valence-electron chi connectivity index (χ2n) is 3.25. The molecule has 0 saturated carbocycles. The van der Waals surface area contributed by atoms with Crippen molar-refractivity contribution < 1.29 is 15.7 Å². The van der Waals surface area contributed by atoms with E-state index in [1.165, 1.54) is 11.6 Å². The number of aliphatic hydroxyl groups excluding tert-OH is 1. The second kappa shape index (κ2) is 7.98. The summed E-state index contributed by atoms with van der Waals surface area (Å²) in [5.41, 5.74) is 2.31. The highest BCUT2D eigenvalue weighted by atomic mass is 16.5. The summed E-state index contributed by atoms with van der Waals surface area (Å²) in [4.78, 5) is 0. The summed E-state index contributed by atoms with van der Waals surface area (Å²) in [6.07, 6.45) is 4.15. The molecule has 3 heteroatoms. The number of hydrogen-bond acceptors (Lipinski definition) is 2. The van der Waals surface area contributed by atoms with E-state index in [4.69, 9.17) is 10.2 Å². The Kier molecular flexibility index (Phi) is 9.12. The summed E-state index contributed by atoms with van der Waals surface area (Å²) >= 11 is 0. The van der Waals surface area contributed by atoms with E-state index in [0.717, 1.165) is 18.4 Å². The molecule has 3 nitrogen and oxygen atoms in total. The second-order valence-corrected chi connectivity index (χ2v) is 3.25. The molecule has 4 N–H and O–H groups in total. The minimum Gasteiger partial charge on any atom is -0.412 e. The first-order valence-corrected chi connectivity index (χ1v) is 4.19. The Hall–Kier alpha value is -0.640. The van der Waals surface area contributed by atoms with E-state index in [1.54, 1.807) is 0 Å². The summed E-state index contributed by atoms with van der Waals surface area (Å²) in [7, 11) is 0. The molecular weight excluding hydrogens is 168 g/mol. The summed E-state index contributed by atoms with van der Waals surface area (Å²) < 4.78 is 0. The first kappa shape index (κ1) is 14.9. The maximum absolute atomic E-state index is 8.60. The third kappa shape index (κ3) is 11.4. The van der Waals surface area contributed by atoms with Crippen molar-refractivity contribution in [2.45, 2.75) is 39.9 Å². The van der Waals surface area contributed by atoms with Crippen LogP contribution in [0.1, 0.15) is 33.6 Å². The van der Waals surface area contributed by atoms with Crippen LogP contribution in [0.3, 0.4) is 0 Å². The van der Waals surface area contributed by atoms with Gasteiger partial charge in [0.05, 0.1) is 0 Å². The maximum atomic E-state index is 8.60. The lowest BCUT2D eigenvalue weighted by Crippen LogP contribution is -1.99. The van der Waals surface area contributed by atoms with Gasteiger partial charge >= 0.3 is 0 Å². The van der Waals surface area contributed by atoms with Crippen LogP contribution in [0.25, 0.3) is 0 Å². The molecule has 0 bridgehead atoms. The lowest BCUT2D eigenvalue weighted by atomic mass is 10.1. The summed E-state index contributed by atoms with van der Waals surface area (Å²) in [5.74, 6) is 0. The summed E-state index contributed by atoms with van der Waals surface area (Å²) in [6, 6.07) is 0. The lowest BCUT2D eigenvalue weighted by molar-refractivity contribution is 0.00164. The average molecular weight is 188 g/mol. The van der Waals surface area contributed by atoms with Crippen LogP contribution in [-0.2, 0) is 0 Å². The minimum absolute atomic E-state index is 0. The SMILES string of the molecule is CC(C)=CCCC(C)=CC(O)O.O. The highest BCUT2D eigenvalue weighted by Crippen LogP contribution is 2.06. The molecule has 0 aromatic carbocycles. The average Bonchev–Trinajstić information content (AvgIpc) is 1.84. The Bertz CT molecular complexity index is 177. The van der Waals surface area contributed by atoms with E-state index in [2.05, 4.69) is 19.9 Å². The van der Waals surface area contributed by atoms with Gasteiger partial charge in [0.2, 0.25) is 0 Å². The highest BCUT2D eigenvalue weighted by Gasteiger charge is 1.93. The van der Waals surface area contributed by atoms with Crippen molar-refractivity contribution in [3.05, 3.63) is 23.3 Å². The fourth-order valence-corrected chi connectivity index (χ4v) is 0.926. The molecule has 0 atom stereocenters. The van der Waals surface area contributed by atoms with Gasteiger partial charge in [-0.1, -0.05) is 17.2 Å². The van der Waals surface area contributed by atoms with Crippen LogP contribution in [0, 0.1) is 0 Å². The quantitative estimate of drug-likeness (QED) is 0.513. The highest BCUT2D eigenvalue weighted by molar-refractivity contribution is 5.02. The Morgan fingerprint density at radius 2 is 1.77 bits per heavy atom. The third-order valence-corrected chi connectivity index (χ3v) is 1.52. The van der Waals surface area contributed by atoms with Crippen LogP contribution in [-0.4, -0.2) is 22.0 Å². The molecule has 0 aliphatic rings. The molecule has 0 spiro atoms. The topological polar surface area (TPSA) is 72.0 Å².